The normalized spacial score (nSPS) is 22.9. The molecule has 3 nitrogen and oxygen atoms in total. The predicted molar refractivity (Wildman–Crippen MR) is 76.3 cm³/mol. The number of carbonyl (C=O) groups excluding carboxylic acids is 1. The van der Waals surface area contributed by atoms with Crippen LogP contribution in [0.1, 0.15) is 30.1 Å². The van der Waals surface area contributed by atoms with Crippen LogP contribution in [-0.4, -0.2) is 30.1 Å². The summed E-state index contributed by atoms with van der Waals surface area (Å²) < 4.78 is 18.0. The number of thioether (sulfide) groups is 1. The Bertz CT molecular complexity index is 467. The second-order valence-electron chi connectivity index (χ2n) is 4.65. The zero-order chi connectivity index (χ0) is 13.8. The molecule has 104 valence electrons. The Balaban J connectivity index is 2.21. The number of ether oxygens (including phenoxy) is 1. The number of anilines is 1. The zero-order valence-electron chi connectivity index (χ0n) is 11.1. The molecule has 1 aliphatic heterocycles. The largest absolute Gasteiger partial charge is 0.465 e. The van der Waals surface area contributed by atoms with Gasteiger partial charge in [0.25, 0.3) is 0 Å². The lowest BCUT2D eigenvalue weighted by Gasteiger charge is -2.30. The lowest BCUT2D eigenvalue weighted by atomic mass is 10.1. The van der Waals surface area contributed by atoms with Gasteiger partial charge >= 0.3 is 5.97 Å². The quantitative estimate of drug-likeness (QED) is 0.864. The third kappa shape index (κ3) is 3.41. The van der Waals surface area contributed by atoms with E-state index in [2.05, 4.69) is 12.2 Å². The first-order chi connectivity index (χ1) is 9.11. The Hall–Kier alpha value is -1.23. The second-order valence-corrected chi connectivity index (χ2v) is 6.14. The lowest BCUT2D eigenvalue weighted by Crippen LogP contribution is -2.33. The number of methoxy groups -OCH3 is 1. The summed E-state index contributed by atoms with van der Waals surface area (Å²) in [6.07, 6.45) is 2.22. The highest BCUT2D eigenvalue weighted by Crippen LogP contribution is 2.29. The summed E-state index contributed by atoms with van der Waals surface area (Å²) in [6, 6.07) is 4.48. The van der Waals surface area contributed by atoms with Gasteiger partial charge < -0.3 is 10.1 Å². The first kappa shape index (κ1) is 14.2. The Labute approximate surface area is 116 Å². The highest BCUT2D eigenvalue weighted by Gasteiger charge is 2.23. The van der Waals surface area contributed by atoms with E-state index in [-0.39, 0.29) is 5.56 Å². The molecule has 2 rings (SSSR count). The molecule has 0 radical (unpaired) electrons. The van der Waals surface area contributed by atoms with Crippen molar-refractivity contribution in [2.45, 2.75) is 31.1 Å². The van der Waals surface area contributed by atoms with E-state index in [9.17, 15) is 9.18 Å². The third-order valence-corrected chi connectivity index (χ3v) is 4.71. The van der Waals surface area contributed by atoms with Crippen LogP contribution in [-0.2, 0) is 4.74 Å². The van der Waals surface area contributed by atoms with E-state index in [1.54, 1.807) is 6.07 Å². The first-order valence-electron chi connectivity index (χ1n) is 6.38. The number of hydrogen-bond acceptors (Lipinski definition) is 4. The van der Waals surface area contributed by atoms with Crippen molar-refractivity contribution in [1.29, 1.82) is 0 Å². The van der Waals surface area contributed by atoms with E-state index in [4.69, 9.17) is 4.74 Å². The van der Waals surface area contributed by atoms with Crippen molar-refractivity contribution in [3.63, 3.8) is 0 Å². The Morgan fingerprint density at radius 3 is 3.00 bits per heavy atom. The highest BCUT2D eigenvalue weighted by atomic mass is 32.2. The smallest absolute Gasteiger partial charge is 0.340 e. The number of hydrogen-bond donors (Lipinski definition) is 1. The fourth-order valence-electron chi connectivity index (χ4n) is 2.23. The minimum atomic E-state index is -0.516. The van der Waals surface area contributed by atoms with Crippen LogP contribution in [0.4, 0.5) is 10.1 Å². The third-order valence-electron chi connectivity index (χ3n) is 3.33. The number of benzene rings is 1. The number of halogens is 1. The standard InChI is InChI=1S/C14H18FNO2S/c1-9-12(4-3-7-19-9)16-13-6-5-10(15)8-11(13)14(17)18-2/h5-6,8-9,12,16H,3-4,7H2,1-2H3. The van der Waals surface area contributed by atoms with Gasteiger partial charge in [0.05, 0.1) is 12.7 Å². The van der Waals surface area contributed by atoms with Crippen LogP contribution in [0.3, 0.4) is 0 Å². The van der Waals surface area contributed by atoms with Gasteiger partial charge in [-0.05, 0) is 36.8 Å². The molecule has 0 aromatic heterocycles. The van der Waals surface area contributed by atoms with Crippen molar-refractivity contribution in [2.24, 2.45) is 0 Å². The lowest BCUT2D eigenvalue weighted by molar-refractivity contribution is 0.0601. The van der Waals surface area contributed by atoms with Gasteiger partial charge in [-0.15, -0.1) is 0 Å². The second kappa shape index (κ2) is 6.28. The molecule has 2 atom stereocenters. The minimum absolute atomic E-state index is 0.255. The van der Waals surface area contributed by atoms with Crippen molar-refractivity contribution < 1.29 is 13.9 Å². The summed E-state index contributed by atoms with van der Waals surface area (Å²) in [5.74, 6) is 0.224. The first-order valence-corrected chi connectivity index (χ1v) is 7.42. The summed E-state index contributed by atoms with van der Waals surface area (Å²) >= 11 is 1.92. The van der Waals surface area contributed by atoms with Crippen LogP contribution < -0.4 is 5.32 Å². The summed E-state index contributed by atoms with van der Waals surface area (Å²) in [5.41, 5.74) is 0.901. The molecule has 1 aromatic carbocycles. The van der Waals surface area contributed by atoms with Gasteiger partial charge in [0.15, 0.2) is 0 Å². The van der Waals surface area contributed by atoms with Crippen LogP contribution >= 0.6 is 11.8 Å². The van der Waals surface area contributed by atoms with E-state index in [1.807, 2.05) is 11.8 Å². The van der Waals surface area contributed by atoms with Gasteiger partial charge in [-0.25, -0.2) is 9.18 Å². The topological polar surface area (TPSA) is 38.3 Å². The fourth-order valence-corrected chi connectivity index (χ4v) is 3.38. The average Bonchev–Trinajstić information content (AvgIpc) is 2.42. The maximum atomic E-state index is 13.3. The molecule has 1 N–H and O–H groups in total. The summed E-state index contributed by atoms with van der Waals surface area (Å²) in [6.45, 7) is 2.17. The molecule has 1 fully saturated rings. The molecule has 2 unspecified atom stereocenters. The average molecular weight is 283 g/mol. The van der Waals surface area contributed by atoms with Gasteiger partial charge in [0.2, 0.25) is 0 Å². The molecule has 0 amide bonds. The van der Waals surface area contributed by atoms with Crippen LogP contribution in [0, 0.1) is 5.82 Å². The molecule has 0 bridgehead atoms. The zero-order valence-corrected chi connectivity index (χ0v) is 11.9. The Morgan fingerprint density at radius 1 is 1.53 bits per heavy atom. The van der Waals surface area contributed by atoms with E-state index >= 15 is 0 Å². The van der Waals surface area contributed by atoms with Crippen LogP contribution in [0.15, 0.2) is 18.2 Å². The molecule has 5 heteroatoms. The Kier molecular flexibility index (Phi) is 4.69. The number of nitrogens with one attached hydrogen (secondary N) is 1. The van der Waals surface area contributed by atoms with Crippen LogP contribution in [0.25, 0.3) is 0 Å². The maximum absolute atomic E-state index is 13.3. The number of carbonyl (C=O) groups is 1. The Morgan fingerprint density at radius 2 is 2.32 bits per heavy atom. The fraction of sp³-hybridized carbons (Fsp3) is 0.500. The predicted octanol–water partition coefficient (Wildman–Crippen LogP) is 3.31. The highest BCUT2D eigenvalue weighted by molar-refractivity contribution is 8.00. The molecular weight excluding hydrogens is 265 g/mol. The van der Waals surface area contributed by atoms with Crippen LogP contribution in [0.5, 0.6) is 0 Å². The van der Waals surface area contributed by atoms with E-state index in [1.165, 1.54) is 25.0 Å². The van der Waals surface area contributed by atoms with E-state index < -0.39 is 11.8 Å². The molecule has 0 aliphatic carbocycles. The van der Waals surface area contributed by atoms with Gasteiger partial charge in [0, 0.05) is 17.0 Å². The molecule has 0 saturated carbocycles. The molecule has 1 heterocycles. The van der Waals surface area contributed by atoms with Gasteiger partial charge in [-0.1, -0.05) is 6.92 Å². The molecular formula is C14H18FNO2S. The monoisotopic (exact) mass is 283 g/mol. The molecule has 1 aliphatic rings. The summed E-state index contributed by atoms with van der Waals surface area (Å²) in [5, 5.41) is 3.83. The summed E-state index contributed by atoms with van der Waals surface area (Å²) in [4.78, 5) is 11.7. The van der Waals surface area contributed by atoms with Crippen molar-refractivity contribution in [2.75, 3.05) is 18.2 Å². The van der Waals surface area contributed by atoms with Gasteiger partial charge in [-0.2, -0.15) is 11.8 Å². The maximum Gasteiger partial charge on any atom is 0.340 e. The summed E-state index contributed by atoms with van der Waals surface area (Å²) in [7, 11) is 1.30. The van der Waals surface area contributed by atoms with Crippen molar-refractivity contribution in [1.82, 2.24) is 0 Å². The SMILES string of the molecule is COC(=O)c1cc(F)ccc1NC1CCCSC1C. The van der Waals surface area contributed by atoms with E-state index in [0.717, 1.165) is 12.8 Å². The minimum Gasteiger partial charge on any atom is -0.465 e. The van der Waals surface area contributed by atoms with Crippen molar-refractivity contribution in [3.8, 4) is 0 Å². The number of rotatable bonds is 3. The molecule has 0 spiro atoms. The van der Waals surface area contributed by atoms with Crippen molar-refractivity contribution in [3.05, 3.63) is 29.6 Å². The van der Waals surface area contributed by atoms with Crippen molar-refractivity contribution >= 4 is 23.4 Å². The molecule has 19 heavy (non-hydrogen) atoms. The number of esters is 1. The van der Waals surface area contributed by atoms with Crippen LogP contribution in [0.2, 0.25) is 0 Å². The van der Waals surface area contributed by atoms with Gasteiger partial charge in [-0.3, -0.25) is 0 Å². The molecule has 1 aromatic rings. The van der Waals surface area contributed by atoms with Gasteiger partial charge in [0.1, 0.15) is 5.82 Å². The molecule has 1 saturated heterocycles. The van der Waals surface area contributed by atoms with E-state index in [0.29, 0.717) is 17.0 Å².